The van der Waals surface area contributed by atoms with Crippen LogP contribution in [0.4, 0.5) is 5.82 Å². The third kappa shape index (κ3) is 2.27. The van der Waals surface area contributed by atoms with Crippen LogP contribution in [-0.2, 0) is 0 Å². The molecule has 0 aromatic carbocycles. The van der Waals surface area contributed by atoms with Crippen LogP contribution in [-0.4, -0.2) is 26.5 Å². The number of hydrogen-bond acceptors (Lipinski definition) is 4. The summed E-state index contributed by atoms with van der Waals surface area (Å²) in [6.07, 6.45) is 3.66. The first-order chi connectivity index (χ1) is 7.66. The molecule has 0 amide bonds. The number of aromatic amines is 1. The Morgan fingerprint density at radius 2 is 2.31 bits per heavy atom. The Bertz CT molecular complexity index is 527. The summed E-state index contributed by atoms with van der Waals surface area (Å²) < 4.78 is 0. The van der Waals surface area contributed by atoms with E-state index in [1.165, 1.54) is 5.57 Å². The molecule has 0 spiro atoms. The zero-order valence-electron chi connectivity index (χ0n) is 9.11. The third-order valence-electron chi connectivity index (χ3n) is 2.04. The lowest BCUT2D eigenvalue weighted by atomic mass is 10.3. The van der Waals surface area contributed by atoms with Gasteiger partial charge in [-0.2, -0.15) is 9.97 Å². The lowest BCUT2D eigenvalue weighted by Crippen LogP contribution is -2.03. The zero-order chi connectivity index (χ0) is 11.5. The molecule has 0 saturated carbocycles. The maximum Gasteiger partial charge on any atom is 0.223 e. The highest BCUT2D eigenvalue weighted by molar-refractivity contribution is 7.80. The van der Waals surface area contributed by atoms with Gasteiger partial charge in [-0.3, -0.25) is 0 Å². The van der Waals surface area contributed by atoms with E-state index in [9.17, 15) is 0 Å². The van der Waals surface area contributed by atoms with Crippen molar-refractivity contribution in [2.24, 2.45) is 0 Å². The zero-order valence-corrected chi connectivity index (χ0v) is 9.93. The highest BCUT2D eigenvalue weighted by Gasteiger charge is 2.07. The second kappa shape index (κ2) is 4.44. The summed E-state index contributed by atoms with van der Waals surface area (Å²) in [5.74, 6) is 0.699. The minimum absolute atomic E-state index is 0.305. The fraction of sp³-hybridized carbons (Fsp3) is 0.300. The topological polar surface area (TPSA) is 66.5 Å². The molecule has 0 atom stereocenters. The summed E-state index contributed by atoms with van der Waals surface area (Å²) in [5.41, 5.74) is 2.64. The Labute approximate surface area is 98.8 Å². The molecule has 0 aliphatic heterocycles. The van der Waals surface area contributed by atoms with E-state index in [1.807, 2.05) is 13.8 Å². The Morgan fingerprint density at radius 1 is 1.50 bits per heavy atom. The van der Waals surface area contributed by atoms with E-state index in [1.54, 1.807) is 6.33 Å². The second-order valence-electron chi connectivity index (χ2n) is 3.62. The van der Waals surface area contributed by atoms with Crippen LogP contribution in [0.25, 0.3) is 11.2 Å². The molecule has 2 N–H and O–H groups in total. The predicted molar refractivity (Wildman–Crippen MR) is 65.5 cm³/mol. The van der Waals surface area contributed by atoms with Crippen molar-refractivity contribution in [2.75, 3.05) is 11.9 Å². The largest absolute Gasteiger partial charge is 0.365 e. The number of allylic oxidation sites excluding steroid dienone is 1. The molecule has 2 aromatic rings. The van der Waals surface area contributed by atoms with Crippen molar-refractivity contribution in [1.82, 2.24) is 19.9 Å². The molecule has 16 heavy (non-hydrogen) atoms. The molecule has 0 saturated heterocycles. The average Bonchev–Trinajstić information content (AvgIpc) is 2.64. The molecule has 6 heteroatoms. The fourth-order valence-corrected chi connectivity index (χ4v) is 1.47. The molecular formula is C10H12N5S. The summed E-state index contributed by atoms with van der Waals surface area (Å²) in [4.78, 5) is 15.3. The quantitative estimate of drug-likeness (QED) is 0.631. The lowest BCUT2D eigenvalue weighted by Gasteiger charge is -2.03. The van der Waals surface area contributed by atoms with Crippen LogP contribution in [0.3, 0.4) is 0 Å². The number of imidazole rings is 1. The van der Waals surface area contributed by atoms with Crippen molar-refractivity contribution in [2.45, 2.75) is 19.0 Å². The maximum atomic E-state index is 4.96. The van der Waals surface area contributed by atoms with E-state index in [-0.39, 0.29) is 0 Å². The molecule has 83 valence electrons. The second-order valence-corrected chi connectivity index (χ2v) is 3.98. The molecule has 0 unspecified atom stereocenters. The van der Waals surface area contributed by atoms with Crippen LogP contribution in [0.2, 0.25) is 0 Å². The van der Waals surface area contributed by atoms with Gasteiger partial charge in [0.25, 0.3) is 0 Å². The number of nitrogens with zero attached hydrogens (tertiary/aromatic N) is 3. The first-order valence-corrected chi connectivity index (χ1v) is 5.33. The van der Waals surface area contributed by atoms with Crippen molar-refractivity contribution in [3.63, 3.8) is 0 Å². The minimum Gasteiger partial charge on any atom is -0.365 e. The van der Waals surface area contributed by atoms with E-state index in [4.69, 9.17) is 12.6 Å². The summed E-state index contributed by atoms with van der Waals surface area (Å²) in [5, 5.41) is 3.49. The van der Waals surface area contributed by atoms with Gasteiger partial charge in [0.15, 0.2) is 11.5 Å². The van der Waals surface area contributed by atoms with Crippen LogP contribution in [0.15, 0.2) is 23.1 Å². The number of hydrogen-bond donors (Lipinski definition) is 2. The van der Waals surface area contributed by atoms with Crippen molar-refractivity contribution < 1.29 is 0 Å². The fourth-order valence-electron chi connectivity index (χ4n) is 1.29. The van der Waals surface area contributed by atoms with Crippen molar-refractivity contribution in [3.05, 3.63) is 18.0 Å². The van der Waals surface area contributed by atoms with Gasteiger partial charge in [0.05, 0.1) is 6.33 Å². The number of anilines is 1. The van der Waals surface area contributed by atoms with Crippen molar-refractivity contribution in [1.29, 1.82) is 0 Å². The van der Waals surface area contributed by atoms with E-state index in [2.05, 4.69) is 31.3 Å². The Balaban J connectivity index is 2.28. The Hall–Kier alpha value is -1.69. The average molecular weight is 234 g/mol. The monoisotopic (exact) mass is 234 g/mol. The van der Waals surface area contributed by atoms with Gasteiger partial charge in [0.1, 0.15) is 5.52 Å². The summed E-state index contributed by atoms with van der Waals surface area (Å²) in [6.45, 7) is 4.81. The molecule has 0 aliphatic carbocycles. The van der Waals surface area contributed by atoms with Crippen LogP contribution < -0.4 is 5.32 Å². The number of aromatic nitrogens is 4. The van der Waals surface area contributed by atoms with Gasteiger partial charge in [-0.15, -0.1) is 0 Å². The predicted octanol–water partition coefficient (Wildman–Crippen LogP) is 2.29. The molecule has 1 radical (unpaired) electrons. The normalized spacial score (nSPS) is 10.4. The highest BCUT2D eigenvalue weighted by atomic mass is 32.1. The molecule has 0 fully saturated rings. The first-order valence-electron chi connectivity index (χ1n) is 4.92. The van der Waals surface area contributed by atoms with E-state index in [0.717, 1.165) is 5.52 Å². The molecular weight excluding hydrogens is 222 g/mol. The van der Waals surface area contributed by atoms with Gasteiger partial charge in [-0.1, -0.05) is 11.6 Å². The maximum absolute atomic E-state index is 4.96. The third-order valence-corrected chi connectivity index (χ3v) is 2.23. The molecule has 5 nitrogen and oxygen atoms in total. The van der Waals surface area contributed by atoms with Crippen LogP contribution in [0, 0.1) is 0 Å². The smallest absolute Gasteiger partial charge is 0.223 e. The lowest BCUT2D eigenvalue weighted by molar-refractivity contribution is 0.996. The Morgan fingerprint density at radius 3 is 3.06 bits per heavy atom. The van der Waals surface area contributed by atoms with Gasteiger partial charge in [-0.25, -0.2) is 4.98 Å². The SMILES string of the molecule is CC(C)=CCNc1nc([S])nc2nc[nH]c12. The van der Waals surface area contributed by atoms with Gasteiger partial charge < -0.3 is 10.3 Å². The van der Waals surface area contributed by atoms with Gasteiger partial charge >= 0.3 is 0 Å². The summed E-state index contributed by atoms with van der Waals surface area (Å²) >= 11 is 4.96. The van der Waals surface area contributed by atoms with E-state index in [0.29, 0.717) is 23.2 Å². The molecule has 0 aliphatic rings. The first kappa shape index (κ1) is 10.8. The van der Waals surface area contributed by atoms with E-state index >= 15 is 0 Å². The number of nitrogens with one attached hydrogen (secondary N) is 2. The molecule has 0 bridgehead atoms. The standard InChI is InChI=1S/C10H12N5S/c1-6(2)3-4-11-8-7-9(13-5-12-7)15-10(16)14-8/h3,5H,4H2,1-2H3,(H2,11,12,13,14,15). The number of H-pyrrole nitrogens is 1. The van der Waals surface area contributed by atoms with Gasteiger partial charge in [0.2, 0.25) is 5.16 Å². The van der Waals surface area contributed by atoms with Crippen molar-refractivity contribution in [3.8, 4) is 0 Å². The number of fused-ring (bicyclic) bond motifs is 1. The van der Waals surface area contributed by atoms with Crippen LogP contribution in [0.1, 0.15) is 13.8 Å². The van der Waals surface area contributed by atoms with Crippen molar-refractivity contribution >= 4 is 29.6 Å². The molecule has 2 aromatic heterocycles. The highest BCUT2D eigenvalue weighted by Crippen LogP contribution is 2.17. The van der Waals surface area contributed by atoms with Gasteiger partial charge in [0, 0.05) is 6.54 Å². The minimum atomic E-state index is 0.305. The number of rotatable bonds is 3. The van der Waals surface area contributed by atoms with Crippen LogP contribution >= 0.6 is 12.6 Å². The molecule has 2 rings (SSSR count). The Kier molecular flexibility index (Phi) is 3.00. The van der Waals surface area contributed by atoms with Gasteiger partial charge in [-0.05, 0) is 26.5 Å². The van der Waals surface area contributed by atoms with E-state index < -0.39 is 0 Å². The summed E-state index contributed by atoms with van der Waals surface area (Å²) in [7, 11) is 0. The van der Waals surface area contributed by atoms with Crippen LogP contribution in [0.5, 0.6) is 0 Å². The molecule has 2 heterocycles. The summed E-state index contributed by atoms with van der Waals surface area (Å²) in [6, 6.07) is 0.